The number of fused-ring (bicyclic) bond motifs is 23. The second kappa shape index (κ2) is 32.3. The average molecular weight is 1770 g/mol. The van der Waals surface area contributed by atoms with E-state index in [9.17, 15) is 0 Å². The molecule has 640 valence electrons. The van der Waals surface area contributed by atoms with Crippen LogP contribution in [0.25, 0.3) is 253 Å². The summed E-state index contributed by atoms with van der Waals surface area (Å²) in [6.45, 7) is 0. The molecule has 0 fully saturated rings. The zero-order valence-electron chi connectivity index (χ0n) is 73.8. The van der Waals surface area contributed by atoms with Crippen molar-refractivity contribution in [2.75, 3.05) is 0 Å². The molecule has 0 spiro atoms. The number of thiophene rings is 1. The summed E-state index contributed by atoms with van der Waals surface area (Å²) in [5.41, 5.74) is 26.8. The van der Waals surface area contributed by atoms with Crippen LogP contribution in [0.4, 0.5) is 0 Å². The number of aromatic nitrogens is 12. The Morgan fingerprint density at radius 1 is 0.182 bits per heavy atom. The van der Waals surface area contributed by atoms with Gasteiger partial charge in [0.05, 0.1) is 77.4 Å². The Hall–Kier alpha value is -18.3. The average Bonchev–Trinajstić information content (AvgIpc) is 1.52. The zero-order valence-corrected chi connectivity index (χ0v) is 74.6. The van der Waals surface area contributed by atoms with E-state index >= 15 is 0 Å². The molecule has 0 atom stereocenters. The van der Waals surface area contributed by atoms with Gasteiger partial charge < -0.3 is 18.3 Å². The maximum Gasteiger partial charge on any atom is 0.238 e. The molecule has 0 unspecified atom stereocenters. The first-order valence-electron chi connectivity index (χ1n) is 46.2. The standard InChI is InChI=1S/C52H32N4S.C39H25N5.C33H21N3/c1-3-13-33(14-4-1)34-23-27-37(28-24-34)55-44-21-11-8-18-41(44)47-45(55)32-31-40-39-17-7-10-20-43(39)56(50(40)47)38-29-25-35(26-30-38)49-48-42-19-9-12-22-46(42)57-52(48)54-51(53-49)36-15-5-2-6-16-36;1-4-14-26(15-5-1)37-40-38(27-16-6-2-7-17-27)42-39(41-37)44-34-23-13-11-21-30(34)32-24-35-31(25-36(32)44)29-20-10-12-22-33(29)43(35)28-18-8-3-9-19-28;1-2-11-23(12-3-1)35-29-16-8-5-13-24(29)26-21-32-27(20-31(26)35)25-14-6-9-17-30(25)36(32)33-19-18-22-10-4-7-15-28(22)34-33/h1-32H;1-25H;1-21H. The number of hydrogen-bond donors (Lipinski definition) is 0. The van der Waals surface area contributed by atoms with Crippen LogP contribution in [0, 0.1) is 0 Å². The van der Waals surface area contributed by atoms with Gasteiger partial charge in [-0.05, 0) is 151 Å². The minimum atomic E-state index is 0.593. The van der Waals surface area contributed by atoms with Crippen LogP contribution >= 0.6 is 11.3 Å². The molecule has 0 saturated heterocycles. The minimum absolute atomic E-state index is 0.593. The summed E-state index contributed by atoms with van der Waals surface area (Å²) in [6.07, 6.45) is 0. The summed E-state index contributed by atoms with van der Waals surface area (Å²) in [5.74, 6) is 3.55. The van der Waals surface area contributed by atoms with Crippen LogP contribution in [0.5, 0.6) is 0 Å². The summed E-state index contributed by atoms with van der Waals surface area (Å²) < 4.78 is 15.3. The van der Waals surface area contributed by atoms with Crippen molar-refractivity contribution in [2.24, 2.45) is 0 Å². The van der Waals surface area contributed by atoms with E-state index in [0.717, 1.165) is 99.6 Å². The Morgan fingerprint density at radius 3 is 1.06 bits per heavy atom. The van der Waals surface area contributed by atoms with Crippen molar-refractivity contribution in [1.82, 2.24) is 57.3 Å². The maximum atomic E-state index is 5.27. The van der Waals surface area contributed by atoms with Gasteiger partial charge in [-0.25, -0.2) is 19.9 Å². The predicted octanol–water partition coefficient (Wildman–Crippen LogP) is 31.9. The van der Waals surface area contributed by atoms with Crippen molar-refractivity contribution in [1.29, 1.82) is 0 Å². The Kier molecular flexibility index (Phi) is 18.5. The molecule has 0 bridgehead atoms. The number of nitrogens with zero attached hydrogens (tertiary/aromatic N) is 12. The van der Waals surface area contributed by atoms with E-state index in [1.165, 1.54) is 136 Å². The summed E-state index contributed by atoms with van der Waals surface area (Å²) >= 11 is 1.73. The lowest BCUT2D eigenvalue weighted by molar-refractivity contribution is 0.954. The number of para-hydroxylation sites is 9. The zero-order chi connectivity index (χ0) is 90.1. The lowest BCUT2D eigenvalue weighted by Gasteiger charge is -2.12. The summed E-state index contributed by atoms with van der Waals surface area (Å²) in [5, 5.41) is 18.0. The van der Waals surface area contributed by atoms with Gasteiger partial charge >= 0.3 is 0 Å². The Balaban J connectivity index is 0.000000107. The van der Waals surface area contributed by atoms with Crippen LogP contribution in [0.15, 0.2) is 473 Å². The molecular weight excluding hydrogens is 1690 g/mol. The molecule has 10 aromatic heterocycles. The van der Waals surface area contributed by atoms with E-state index in [1.807, 2.05) is 84.9 Å². The molecule has 10 heterocycles. The van der Waals surface area contributed by atoms with Crippen LogP contribution in [0.2, 0.25) is 0 Å². The second-order valence-electron chi connectivity index (χ2n) is 34.8. The SMILES string of the molecule is c1ccc(-c2ccc(-n3c4ccccc4c4c3ccc3c5ccccc5n(-c5ccc(-c6nc(-c7ccccc7)nc7sc8ccccc8c67)cc5)c34)cc2)cc1.c1ccc(-c2nc(-c3ccccc3)nc(-n3c4ccccc4c4cc5c(cc43)c3ccccc3n5-c3ccccc3)n2)cc1.c1ccc(-n2c3ccccc3c3cc4c(cc32)c2ccccc2n4-c2ccc3ccccc3n2)cc1. The molecular formula is C124H78N12S. The molecule has 12 nitrogen and oxygen atoms in total. The molecule has 0 radical (unpaired) electrons. The lowest BCUT2D eigenvalue weighted by atomic mass is 10.0. The van der Waals surface area contributed by atoms with Gasteiger partial charge in [0, 0.05) is 130 Å². The van der Waals surface area contributed by atoms with Crippen LogP contribution in [-0.2, 0) is 0 Å². The Bertz CT molecular complexity index is 9770. The fraction of sp³-hybridized carbons (Fsp3) is 0. The van der Waals surface area contributed by atoms with Gasteiger partial charge in [-0.3, -0.25) is 9.13 Å². The topological polar surface area (TPSA) is 107 Å². The van der Waals surface area contributed by atoms with Crippen LogP contribution < -0.4 is 0 Å². The molecule has 29 rings (SSSR count). The van der Waals surface area contributed by atoms with Crippen molar-refractivity contribution in [3.8, 4) is 91.1 Å². The molecule has 0 saturated carbocycles. The first-order valence-corrected chi connectivity index (χ1v) is 47.0. The molecule has 0 amide bonds. The quantitative estimate of drug-likeness (QED) is 0.128. The monoisotopic (exact) mass is 1770 g/mol. The normalized spacial score (nSPS) is 11.8. The van der Waals surface area contributed by atoms with Crippen molar-refractivity contribution >= 4 is 173 Å². The van der Waals surface area contributed by atoms with Gasteiger partial charge in [-0.1, -0.05) is 334 Å². The first kappa shape index (κ1) is 78.5. The maximum absolute atomic E-state index is 5.27. The molecule has 0 aliphatic heterocycles. The summed E-state index contributed by atoms with van der Waals surface area (Å²) in [6, 6.07) is 167. The number of pyridine rings is 1. The number of rotatable bonds is 11. The van der Waals surface area contributed by atoms with Gasteiger partial charge in [0.15, 0.2) is 17.5 Å². The highest BCUT2D eigenvalue weighted by Gasteiger charge is 2.27. The highest BCUT2D eigenvalue weighted by Crippen LogP contribution is 2.48. The van der Waals surface area contributed by atoms with Gasteiger partial charge in [0.2, 0.25) is 5.95 Å². The van der Waals surface area contributed by atoms with E-state index in [0.29, 0.717) is 17.6 Å². The van der Waals surface area contributed by atoms with Gasteiger partial charge in [-0.2, -0.15) is 9.97 Å². The molecule has 19 aromatic carbocycles. The minimum Gasteiger partial charge on any atom is -0.309 e. The number of benzene rings is 19. The highest BCUT2D eigenvalue weighted by atomic mass is 32.1. The predicted molar refractivity (Wildman–Crippen MR) is 570 cm³/mol. The van der Waals surface area contributed by atoms with Gasteiger partial charge in [-0.15, -0.1) is 11.3 Å². The van der Waals surface area contributed by atoms with Crippen LogP contribution in [-0.4, -0.2) is 57.3 Å². The van der Waals surface area contributed by atoms with E-state index in [-0.39, 0.29) is 0 Å². The van der Waals surface area contributed by atoms with Crippen molar-refractivity contribution in [3.63, 3.8) is 0 Å². The van der Waals surface area contributed by atoms with E-state index in [1.54, 1.807) is 11.3 Å². The third kappa shape index (κ3) is 13.0. The molecule has 13 heteroatoms. The largest absolute Gasteiger partial charge is 0.309 e. The molecule has 0 N–H and O–H groups in total. The fourth-order valence-corrected chi connectivity index (χ4v) is 22.0. The molecule has 137 heavy (non-hydrogen) atoms. The molecule has 0 aliphatic rings. The van der Waals surface area contributed by atoms with Crippen LogP contribution in [0.1, 0.15) is 0 Å². The second-order valence-corrected chi connectivity index (χ2v) is 35.8. The van der Waals surface area contributed by atoms with E-state index in [4.69, 9.17) is 29.9 Å². The Labute approximate surface area is 789 Å². The molecule has 29 aromatic rings. The highest BCUT2D eigenvalue weighted by molar-refractivity contribution is 7.25. The fourth-order valence-electron chi connectivity index (χ4n) is 20.9. The van der Waals surface area contributed by atoms with Gasteiger partial charge in [0.1, 0.15) is 10.6 Å². The number of hydrogen-bond acceptors (Lipinski definition) is 7. The smallest absolute Gasteiger partial charge is 0.238 e. The third-order valence-electron chi connectivity index (χ3n) is 27.0. The third-order valence-corrected chi connectivity index (χ3v) is 28.1. The van der Waals surface area contributed by atoms with E-state index in [2.05, 4.69) is 416 Å². The molecule has 0 aliphatic carbocycles. The van der Waals surface area contributed by atoms with E-state index < -0.39 is 0 Å². The Morgan fingerprint density at radius 2 is 0.540 bits per heavy atom. The van der Waals surface area contributed by atoms with Crippen molar-refractivity contribution < 1.29 is 0 Å². The van der Waals surface area contributed by atoms with Crippen molar-refractivity contribution in [3.05, 3.63) is 473 Å². The van der Waals surface area contributed by atoms with Crippen LogP contribution in [0.3, 0.4) is 0 Å². The first-order chi connectivity index (χ1) is 68.0. The lowest BCUT2D eigenvalue weighted by Crippen LogP contribution is -2.06. The van der Waals surface area contributed by atoms with Gasteiger partial charge in [0.25, 0.3) is 0 Å². The summed E-state index contributed by atoms with van der Waals surface area (Å²) in [4.78, 5) is 31.6. The van der Waals surface area contributed by atoms with Crippen molar-refractivity contribution in [2.45, 2.75) is 0 Å². The summed E-state index contributed by atoms with van der Waals surface area (Å²) in [7, 11) is 0.